The first-order valence-electron chi connectivity index (χ1n) is 28.2. The molecule has 15 N–H and O–H groups in total. The highest BCUT2D eigenvalue weighted by Crippen LogP contribution is 2.09. The number of oxime groups is 2. The number of rotatable bonds is 52. The Morgan fingerprint density at radius 1 is 0.432 bits per heavy atom. The molecule has 81 heavy (non-hydrogen) atoms. The molecule has 0 saturated carbocycles. The van der Waals surface area contributed by atoms with Crippen LogP contribution in [0, 0.1) is 0 Å². The zero-order chi connectivity index (χ0) is 60.7. The quantitative estimate of drug-likeness (QED) is 0.0160. The predicted molar refractivity (Wildman–Crippen MR) is 303 cm³/mol. The standard InChI is InChI=1S/C53H99N13O15/c1-39(65-76)52(3,4)61-35-41(36-62-53(5,6)40(2)66-77)63-47(71)22-16-23-48(72)64-42(51(75)60-26-13-8-10-19-44(55)68)17-11-14-25-56-45(69)20-15-21-46(70)58-27-29-78-31-34-81-38-50(74)59-28-30-79-32-33-80-37-49(73)57-24-12-7-9-18-43(54)67/h41-42,61-62,76-77H,7-38H2,1-6H3,(H2,54,67)(H2,55,68)(H,56,69)(H,57,73)(H,58,70)(H,59,74)(H,60,75)(H,63,71)(H,64,72)/b65-39+,66-40+/t42-/m0/s1. The Labute approximate surface area is 478 Å². The summed E-state index contributed by atoms with van der Waals surface area (Å²) in [6, 6.07) is -1.32. The molecule has 0 saturated heterocycles. The number of carbonyl (C=O) groups is 9. The minimum absolute atomic E-state index is 0.0200. The van der Waals surface area contributed by atoms with Crippen LogP contribution in [0.4, 0.5) is 0 Å². The molecule has 0 rings (SSSR count). The average molecular weight is 1160 g/mol. The normalized spacial score (nSPS) is 12.7. The van der Waals surface area contributed by atoms with Crippen LogP contribution in [0.15, 0.2) is 10.3 Å². The Bertz CT molecular complexity index is 1890. The molecule has 0 aliphatic heterocycles. The Kier molecular flexibility index (Phi) is 43.0. The second-order valence-electron chi connectivity index (χ2n) is 20.5. The number of ether oxygens (including phenoxy) is 4. The molecule has 0 aromatic rings. The molecular formula is C53H99N13O15. The van der Waals surface area contributed by atoms with E-state index < -0.39 is 35.0 Å². The van der Waals surface area contributed by atoms with Crippen molar-refractivity contribution in [1.29, 1.82) is 0 Å². The number of hydrogen-bond donors (Lipinski definition) is 13. The molecule has 0 fully saturated rings. The molecule has 0 unspecified atom stereocenters. The lowest BCUT2D eigenvalue weighted by molar-refractivity contribution is -0.129. The van der Waals surface area contributed by atoms with E-state index >= 15 is 0 Å². The SMILES string of the molecule is C/C(=N\O)C(C)(C)NCC(CNC(C)(C)/C(C)=N/O)NC(=O)CCCC(=O)N[C@@H](CCCCNC(=O)CCCC(=O)NCCOCCOCC(=O)NCCOCCOCC(=O)NCCCCCC(N)=O)C(=O)NCCCCCC(N)=O. The van der Waals surface area contributed by atoms with Gasteiger partial charge in [0.1, 0.15) is 19.3 Å². The summed E-state index contributed by atoms with van der Waals surface area (Å²) in [6.45, 7) is 14.0. The number of unbranched alkanes of at least 4 members (excludes halogenated alkanes) is 5. The number of amides is 9. The van der Waals surface area contributed by atoms with Crippen LogP contribution in [0.25, 0.3) is 0 Å². The summed E-state index contributed by atoms with van der Waals surface area (Å²) < 4.78 is 21.4. The molecule has 28 heteroatoms. The van der Waals surface area contributed by atoms with E-state index in [9.17, 15) is 53.6 Å². The van der Waals surface area contributed by atoms with E-state index in [1.807, 2.05) is 27.7 Å². The second-order valence-corrected chi connectivity index (χ2v) is 20.5. The summed E-state index contributed by atoms with van der Waals surface area (Å²) in [5.74, 6) is -2.86. The molecule has 0 aliphatic carbocycles. The van der Waals surface area contributed by atoms with Gasteiger partial charge < -0.3 is 88.7 Å². The highest BCUT2D eigenvalue weighted by molar-refractivity contribution is 5.91. The second kappa shape index (κ2) is 46.5. The summed E-state index contributed by atoms with van der Waals surface area (Å²) in [7, 11) is 0. The lowest BCUT2D eigenvalue weighted by Crippen LogP contribution is -2.57. The van der Waals surface area contributed by atoms with Gasteiger partial charge in [0.2, 0.25) is 53.2 Å². The average Bonchev–Trinajstić information content (AvgIpc) is 3.42. The molecule has 0 radical (unpaired) electrons. The highest BCUT2D eigenvalue weighted by atomic mass is 16.5. The van der Waals surface area contributed by atoms with E-state index in [4.69, 9.17) is 30.4 Å². The van der Waals surface area contributed by atoms with E-state index in [-0.39, 0.29) is 165 Å². The Morgan fingerprint density at radius 3 is 1.27 bits per heavy atom. The number of hydrogen-bond acceptors (Lipinski definition) is 19. The lowest BCUT2D eigenvalue weighted by atomic mass is 9.98. The maximum absolute atomic E-state index is 13.3. The zero-order valence-corrected chi connectivity index (χ0v) is 49.0. The first-order valence-corrected chi connectivity index (χ1v) is 28.2. The van der Waals surface area contributed by atoms with Gasteiger partial charge in [-0.15, -0.1) is 0 Å². The van der Waals surface area contributed by atoms with Crippen LogP contribution < -0.4 is 59.3 Å². The van der Waals surface area contributed by atoms with Gasteiger partial charge in [0, 0.05) is 84.3 Å². The molecule has 1 atom stereocenters. The molecule has 466 valence electrons. The molecule has 0 heterocycles. The van der Waals surface area contributed by atoms with Gasteiger partial charge in [0.15, 0.2) is 0 Å². The van der Waals surface area contributed by atoms with E-state index in [0.29, 0.717) is 82.4 Å². The third-order valence-electron chi connectivity index (χ3n) is 12.7. The Balaban J connectivity index is 4.53. The fourth-order valence-corrected chi connectivity index (χ4v) is 7.13. The van der Waals surface area contributed by atoms with Crippen LogP contribution >= 0.6 is 0 Å². The number of nitrogens with zero attached hydrogens (tertiary/aromatic N) is 2. The van der Waals surface area contributed by atoms with Crippen LogP contribution in [0.2, 0.25) is 0 Å². The number of carbonyl (C=O) groups excluding carboxylic acids is 9. The molecule has 28 nitrogen and oxygen atoms in total. The smallest absolute Gasteiger partial charge is 0.246 e. The van der Waals surface area contributed by atoms with Crippen molar-refractivity contribution in [2.75, 3.05) is 98.7 Å². The van der Waals surface area contributed by atoms with Crippen LogP contribution in [0.5, 0.6) is 0 Å². The summed E-state index contributed by atoms with van der Waals surface area (Å²) in [5, 5.41) is 51.4. The molecular weight excluding hydrogens is 1060 g/mol. The summed E-state index contributed by atoms with van der Waals surface area (Å²) in [4.78, 5) is 110. The number of nitrogens with two attached hydrogens (primary N) is 2. The molecule has 0 bridgehead atoms. The summed E-state index contributed by atoms with van der Waals surface area (Å²) in [5.41, 5.74) is 9.82. The maximum Gasteiger partial charge on any atom is 0.246 e. The fourth-order valence-electron chi connectivity index (χ4n) is 7.13. The van der Waals surface area contributed by atoms with Gasteiger partial charge in [-0.1, -0.05) is 23.2 Å². The lowest BCUT2D eigenvalue weighted by Gasteiger charge is -2.32. The topological polar surface area (TPSA) is 416 Å². The van der Waals surface area contributed by atoms with Gasteiger partial charge in [-0.2, -0.15) is 0 Å². The maximum atomic E-state index is 13.3. The fraction of sp³-hybridized carbons (Fsp3) is 0.792. The van der Waals surface area contributed by atoms with Crippen LogP contribution in [0.1, 0.15) is 151 Å². The van der Waals surface area contributed by atoms with Crippen LogP contribution in [-0.2, 0) is 62.1 Å². The van der Waals surface area contributed by atoms with Crippen LogP contribution in [-0.4, -0.2) is 197 Å². The minimum Gasteiger partial charge on any atom is -0.411 e. The molecule has 9 amide bonds. The van der Waals surface area contributed by atoms with Crippen molar-refractivity contribution in [3.05, 3.63) is 0 Å². The van der Waals surface area contributed by atoms with Crippen molar-refractivity contribution in [3.8, 4) is 0 Å². The van der Waals surface area contributed by atoms with E-state index in [0.717, 1.165) is 12.8 Å². The summed E-state index contributed by atoms with van der Waals surface area (Å²) in [6.07, 6.45) is 6.76. The van der Waals surface area contributed by atoms with Gasteiger partial charge in [0.05, 0.1) is 68.2 Å². The number of nitrogens with one attached hydrogen (secondary N) is 9. The Morgan fingerprint density at radius 2 is 0.815 bits per heavy atom. The van der Waals surface area contributed by atoms with Gasteiger partial charge in [0.25, 0.3) is 0 Å². The first kappa shape index (κ1) is 74.9. The van der Waals surface area contributed by atoms with E-state index in [2.05, 4.69) is 58.2 Å². The van der Waals surface area contributed by atoms with Gasteiger partial charge in [-0.25, -0.2) is 0 Å². The first-order chi connectivity index (χ1) is 38.5. The van der Waals surface area contributed by atoms with E-state index in [1.54, 1.807) is 13.8 Å². The Hall–Kier alpha value is -6.07. The minimum atomic E-state index is -0.870. The van der Waals surface area contributed by atoms with Crippen molar-refractivity contribution < 1.29 is 72.5 Å². The van der Waals surface area contributed by atoms with Gasteiger partial charge in [-0.05, 0) is 99.3 Å². The molecule has 0 aromatic carbocycles. The molecule has 0 aromatic heterocycles. The van der Waals surface area contributed by atoms with Crippen molar-refractivity contribution in [2.45, 2.75) is 174 Å². The number of primary amides is 2. The largest absolute Gasteiger partial charge is 0.411 e. The third kappa shape index (κ3) is 43.4. The zero-order valence-electron chi connectivity index (χ0n) is 49.0. The highest BCUT2D eigenvalue weighted by Gasteiger charge is 2.27. The third-order valence-corrected chi connectivity index (χ3v) is 12.7. The predicted octanol–water partition coefficient (Wildman–Crippen LogP) is -0.358. The molecule has 0 aliphatic rings. The van der Waals surface area contributed by atoms with Crippen molar-refractivity contribution in [1.82, 2.24) is 47.9 Å². The molecule has 0 spiro atoms. The summed E-state index contributed by atoms with van der Waals surface area (Å²) >= 11 is 0. The van der Waals surface area contributed by atoms with E-state index in [1.165, 1.54) is 0 Å². The van der Waals surface area contributed by atoms with Crippen molar-refractivity contribution in [3.63, 3.8) is 0 Å². The van der Waals surface area contributed by atoms with Crippen molar-refractivity contribution >= 4 is 64.6 Å². The van der Waals surface area contributed by atoms with Crippen molar-refractivity contribution in [2.24, 2.45) is 21.8 Å². The van der Waals surface area contributed by atoms with Gasteiger partial charge in [-0.3, -0.25) is 43.2 Å². The van der Waals surface area contributed by atoms with Crippen LogP contribution in [0.3, 0.4) is 0 Å². The van der Waals surface area contributed by atoms with Gasteiger partial charge >= 0.3 is 0 Å². The monoisotopic (exact) mass is 1160 g/mol.